The van der Waals surface area contributed by atoms with Gasteiger partial charge in [0.1, 0.15) is 0 Å². The Kier molecular flexibility index (Phi) is 3.70. The van der Waals surface area contributed by atoms with Crippen molar-refractivity contribution < 1.29 is 13.5 Å². The Morgan fingerprint density at radius 3 is 2.50 bits per heavy atom. The number of nitrogens with two attached hydrogens (primary N) is 2. The number of hydrogen-bond donors (Lipinski definition) is 2. The molecule has 1 rings (SSSR count). The molecule has 1 aromatic rings. The highest BCUT2D eigenvalue weighted by Gasteiger charge is 2.20. The molecule has 16 heavy (non-hydrogen) atoms. The van der Waals surface area contributed by atoms with E-state index in [1.54, 1.807) is 0 Å². The van der Waals surface area contributed by atoms with Crippen molar-refractivity contribution in [3.63, 3.8) is 0 Å². The quantitative estimate of drug-likeness (QED) is 0.777. The van der Waals surface area contributed by atoms with E-state index in [1.807, 2.05) is 13.8 Å². The van der Waals surface area contributed by atoms with Crippen LogP contribution >= 0.6 is 0 Å². The first-order valence-electron chi connectivity index (χ1n) is 4.94. The minimum Gasteiger partial charge on any atom is -0.488 e. The van der Waals surface area contributed by atoms with Gasteiger partial charge in [0.25, 0.3) is 0 Å². The van der Waals surface area contributed by atoms with Gasteiger partial charge in [-0.15, -0.1) is 0 Å². The molecule has 0 aliphatic carbocycles. The van der Waals surface area contributed by atoms with E-state index in [0.717, 1.165) is 6.07 Å². The topological polar surface area (TPSA) is 61.3 Å². The maximum Gasteiger partial charge on any atom is 0.202 e. The lowest BCUT2D eigenvalue weighted by molar-refractivity contribution is 0.180. The van der Waals surface area contributed by atoms with Crippen LogP contribution < -0.4 is 16.2 Å². The first kappa shape index (κ1) is 12.7. The second-order valence-corrected chi connectivity index (χ2v) is 4.44. The number of halogens is 2. The smallest absolute Gasteiger partial charge is 0.202 e. The van der Waals surface area contributed by atoms with E-state index < -0.39 is 11.6 Å². The molecule has 0 heterocycles. The van der Waals surface area contributed by atoms with Crippen LogP contribution in [-0.4, -0.2) is 13.2 Å². The highest BCUT2D eigenvalue weighted by atomic mass is 19.2. The summed E-state index contributed by atoms with van der Waals surface area (Å²) in [7, 11) is 0. The van der Waals surface area contributed by atoms with Gasteiger partial charge in [0.05, 0.1) is 12.3 Å². The molecule has 0 atom stereocenters. The SMILES string of the molecule is CC(C)(CN)COc1c(N)ccc(F)c1F. The summed E-state index contributed by atoms with van der Waals surface area (Å²) in [6.07, 6.45) is 0. The van der Waals surface area contributed by atoms with Crippen molar-refractivity contribution in [1.29, 1.82) is 0 Å². The Hall–Kier alpha value is -1.36. The highest BCUT2D eigenvalue weighted by molar-refractivity contribution is 5.53. The first-order valence-corrected chi connectivity index (χ1v) is 4.94. The fourth-order valence-corrected chi connectivity index (χ4v) is 1.02. The van der Waals surface area contributed by atoms with E-state index in [-0.39, 0.29) is 23.5 Å². The van der Waals surface area contributed by atoms with E-state index in [9.17, 15) is 8.78 Å². The minimum atomic E-state index is -1.06. The monoisotopic (exact) mass is 230 g/mol. The Bertz CT molecular complexity index is 380. The lowest BCUT2D eigenvalue weighted by Crippen LogP contribution is -2.30. The van der Waals surface area contributed by atoms with Crippen LogP contribution in [0.2, 0.25) is 0 Å². The Morgan fingerprint density at radius 1 is 1.31 bits per heavy atom. The van der Waals surface area contributed by atoms with Crippen molar-refractivity contribution in [3.05, 3.63) is 23.8 Å². The molecule has 0 saturated carbocycles. The second kappa shape index (κ2) is 4.65. The molecular weight excluding hydrogens is 214 g/mol. The van der Waals surface area contributed by atoms with Crippen LogP contribution in [0.3, 0.4) is 0 Å². The molecule has 0 aliphatic heterocycles. The van der Waals surface area contributed by atoms with E-state index in [2.05, 4.69) is 0 Å². The summed E-state index contributed by atoms with van der Waals surface area (Å²) in [6.45, 7) is 4.28. The lowest BCUT2D eigenvalue weighted by Gasteiger charge is -2.23. The van der Waals surface area contributed by atoms with Gasteiger partial charge in [0.15, 0.2) is 11.6 Å². The number of benzene rings is 1. The number of rotatable bonds is 4. The van der Waals surface area contributed by atoms with Crippen molar-refractivity contribution in [2.45, 2.75) is 13.8 Å². The van der Waals surface area contributed by atoms with Gasteiger partial charge in [-0.2, -0.15) is 4.39 Å². The molecule has 0 unspecified atom stereocenters. The minimum absolute atomic E-state index is 0.0757. The third-order valence-electron chi connectivity index (χ3n) is 2.24. The van der Waals surface area contributed by atoms with Crippen LogP contribution in [0.4, 0.5) is 14.5 Å². The van der Waals surface area contributed by atoms with Gasteiger partial charge in [0, 0.05) is 12.0 Å². The number of anilines is 1. The average Bonchev–Trinajstić information content (AvgIpc) is 2.24. The maximum absolute atomic E-state index is 13.3. The van der Waals surface area contributed by atoms with Crippen LogP contribution in [0.1, 0.15) is 13.8 Å². The predicted molar refractivity (Wildman–Crippen MR) is 59.1 cm³/mol. The molecular formula is C11H16F2N2O. The number of hydrogen-bond acceptors (Lipinski definition) is 3. The van der Waals surface area contributed by atoms with Gasteiger partial charge in [-0.25, -0.2) is 4.39 Å². The standard InChI is InChI=1S/C11H16F2N2O/c1-11(2,5-14)6-16-10-8(15)4-3-7(12)9(10)13/h3-4H,5-6,14-15H2,1-2H3. The summed E-state index contributed by atoms with van der Waals surface area (Å²) < 4.78 is 31.4. The van der Waals surface area contributed by atoms with Crippen LogP contribution in [0.5, 0.6) is 5.75 Å². The summed E-state index contributed by atoms with van der Waals surface area (Å²) in [5.41, 5.74) is 10.8. The van der Waals surface area contributed by atoms with E-state index in [4.69, 9.17) is 16.2 Å². The first-order chi connectivity index (χ1) is 7.37. The maximum atomic E-state index is 13.3. The summed E-state index contributed by atoms with van der Waals surface area (Å²) >= 11 is 0. The zero-order chi connectivity index (χ0) is 12.3. The zero-order valence-electron chi connectivity index (χ0n) is 9.39. The Morgan fingerprint density at radius 2 is 1.94 bits per heavy atom. The molecule has 0 amide bonds. The molecule has 0 aromatic heterocycles. The summed E-state index contributed by atoms with van der Waals surface area (Å²) in [4.78, 5) is 0. The molecule has 0 aliphatic rings. The molecule has 3 nitrogen and oxygen atoms in total. The third kappa shape index (κ3) is 2.82. The molecule has 0 fully saturated rings. The van der Waals surface area contributed by atoms with Crippen molar-refractivity contribution >= 4 is 5.69 Å². The van der Waals surface area contributed by atoms with E-state index >= 15 is 0 Å². The van der Waals surface area contributed by atoms with Gasteiger partial charge in [-0.3, -0.25) is 0 Å². The van der Waals surface area contributed by atoms with Crippen LogP contribution in [-0.2, 0) is 0 Å². The fraction of sp³-hybridized carbons (Fsp3) is 0.455. The second-order valence-electron chi connectivity index (χ2n) is 4.44. The van der Waals surface area contributed by atoms with Crippen molar-refractivity contribution in [2.75, 3.05) is 18.9 Å². The van der Waals surface area contributed by atoms with Crippen molar-refractivity contribution in [2.24, 2.45) is 11.1 Å². The van der Waals surface area contributed by atoms with Gasteiger partial charge in [-0.05, 0) is 12.1 Å². The molecule has 1 aromatic carbocycles. The van der Waals surface area contributed by atoms with Gasteiger partial charge < -0.3 is 16.2 Å². The molecule has 0 radical (unpaired) electrons. The molecule has 5 heteroatoms. The van der Waals surface area contributed by atoms with Gasteiger partial charge >= 0.3 is 0 Å². The third-order valence-corrected chi connectivity index (χ3v) is 2.24. The number of nitrogen functional groups attached to an aromatic ring is 1. The Balaban J connectivity index is 2.86. The predicted octanol–water partition coefficient (Wildman–Crippen LogP) is 1.91. The largest absolute Gasteiger partial charge is 0.488 e. The zero-order valence-corrected chi connectivity index (χ0v) is 9.39. The molecule has 4 N–H and O–H groups in total. The van der Waals surface area contributed by atoms with E-state index in [0.29, 0.717) is 6.54 Å². The van der Waals surface area contributed by atoms with Gasteiger partial charge in [-0.1, -0.05) is 13.8 Å². The molecule has 0 saturated heterocycles. The normalized spacial score (nSPS) is 11.6. The van der Waals surface area contributed by atoms with E-state index in [1.165, 1.54) is 6.07 Å². The fourth-order valence-electron chi connectivity index (χ4n) is 1.02. The summed E-state index contributed by atoms with van der Waals surface area (Å²) in [5.74, 6) is -2.29. The summed E-state index contributed by atoms with van der Waals surface area (Å²) in [6, 6.07) is 2.23. The molecule has 0 spiro atoms. The number of ether oxygens (including phenoxy) is 1. The van der Waals surface area contributed by atoms with Crippen LogP contribution in [0.15, 0.2) is 12.1 Å². The average molecular weight is 230 g/mol. The van der Waals surface area contributed by atoms with Crippen molar-refractivity contribution in [3.8, 4) is 5.75 Å². The van der Waals surface area contributed by atoms with Gasteiger partial charge in [0.2, 0.25) is 5.82 Å². The molecule has 0 bridgehead atoms. The van der Waals surface area contributed by atoms with Crippen LogP contribution in [0.25, 0.3) is 0 Å². The Labute approximate surface area is 93.4 Å². The van der Waals surface area contributed by atoms with Crippen LogP contribution in [0, 0.1) is 17.0 Å². The highest BCUT2D eigenvalue weighted by Crippen LogP contribution is 2.28. The summed E-state index contributed by atoms with van der Waals surface area (Å²) in [5, 5.41) is 0. The lowest BCUT2D eigenvalue weighted by atomic mass is 9.95. The molecule has 90 valence electrons. The van der Waals surface area contributed by atoms with Crippen molar-refractivity contribution in [1.82, 2.24) is 0 Å².